The zero-order valence-electron chi connectivity index (χ0n) is 17.7. The van der Waals surface area contributed by atoms with Crippen molar-refractivity contribution >= 4 is 5.97 Å². The number of allylic oxidation sites excluding steroid dienone is 1. The molecule has 5 heteroatoms. The Morgan fingerprint density at radius 2 is 1.93 bits per heavy atom. The van der Waals surface area contributed by atoms with Crippen LogP contribution in [-0.2, 0) is 14.3 Å². The van der Waals surface area contributed by atoms with Crippen molar-refractivity contribution < 1.29 is 24.5 Å². The molecule has 1 saturated heterocycles. The zero-order valence-corrected chi connectivity index (χ0v) is 17.7. The molecule has 2 saturated carbocycles. The molecular weight excluding hydrogens is 368 g/mol. The van der Waals surface area contributed by atoms with Crippen LogP contribution in [0.1, 0.15) is 47.0 Å². The van der Waals surface area contributed by atoms with E-state index in [9.17, 15) is 15.0 Å². The third kappa shape index (κ3) is 2.11. The van der Waals surface area contributed by atoms with E-state index in [2.05, 4.69) is 26.8 Å². The topological polar surface area (TPSA) is 76.0 Å². The van der Waals surface area contributed by atoms with E-state index in [-0.39, 0.29) is 59.1 Å². The van der Waals surface area contributed by atoms with E-state index in [0.717, 1.165) is 30.6 Å². The van der Waals surface area contributed by atoms with Crippen molar-refractivity contribution in [3.05, 3.63) is 23.0 Å². The van der Waals surface area contributed by atoms with Crippen molar-refractivity contribution in [2.75, 3.05) is 0 Å². The van der Waals surface area contributed by atoms with Crippen molar-refractivity contribution in [1.82, 2.24) is 0 Å². The van der Waals surface area contributed by atoms with Gasteiger partial charge < -0.3 is 19.7 Å². The van der Waals surface area contributed by atoms with Gasteiger partial charge in [-0.25, -0.2) is 4.79 Å². The van der Waals surface area contributed by atoms with E-state index in [1.807, 2.05) is 6.92 Å². The number of aliphatic hydroxyl groups is 2. The summed E-state index contributed by atoms with van der Waals surface area (Å²) < 4.78 is 12.6. The quantitative estimate of drug-likeness (QED) is 0.483. The Morgan fingerprint density at radius 1 is 1.17 bits per heavy atom. The van der Waals surface area contributed by atoms with Gasteiger partial charge in [-0.3, -0.25) is 0 Å². The molecule has 3 aliphatic heterocycles. The van der Waals surface area contributed by atoms with Gasteiger partial charge in [-0.2, -0.15) is 0 Å². The Balaban J connectivity index is 1.55. The first-order valence-corrected chi connectivity index (χ1v) is 11.4. The summed E-state index contributed by atoms with van der Waals surface area (Å²) in [6.45, 7) is 8.47. The molecule has 3 bridgehead atoms. The highest BCUT2D eigenvalue weighted by atomic mass is 16.6. The van der Waals surface area contributed by atoms with Crippen molar-refractivity contribution in [2.24, 2.45) is 47.3 Å². The van der Waals surface area contributed by atoms with Crippen LogP contribution in [-0.4, -0.2) is 40.1 Å². The first-order valence-electron chi connectivity index (χ1n) is 11.4. The second-order valence-electron chi connectivity index (χ2n) is 10.9. The predicted molar refractivity (Wildman–Crippen MR) is 105 cm³/mol. The van der Waals surface area contributed by atoms with E-state index >= 15 is 0 Å². The SMILES string of the molecule is CC1=C[C@@H]2[C@H](O)[C@@H](C)[C@H](O)[C@H]2[C@@H]2[C@H]3C4=C5O[C@@](C)(CC[C@@H](OC4=O)[C@H]5C)[C@H]3C[C@H]12. The van der Waals surface area contributed by atoms with Crippen LogP contribution >= 0.6 is 0 Å². The molecule has 12 atom stereocenters. The fraction of sp³-hybridized carbons (Fsp3) is 0.792. The van der Waals surface area contributed by atoms with E-state index in [4.69, 9.17) is 9.47 Å². The fourth-order valence-electron chi connectivity index (χ4n) is 8.16. The average molecular weight is 401 g/mol. The minimum absolute atomic E-state index is 0.0126. The molecule has 0 radical (unpaired) electrons. The summed E-state index contributed by atoms with van der Waals surface area (Å²) in [7, 11) is 0. The molecule has 3 heterocycles. The smallest absolute Gasteiger partial charge is 0.338 e. The molecule has 6 aliphatic rings. The molecule has 158 valence electrons. The van der Waals surface area contributed by atoms with Gasteiger partial charge in [-0.15, -0.1) is 0 Å². The second kappa shape index (κ2) is 5.67. The Labute approximate surface area is 172 Å². The molecule has 5 nitrogen and oxygen atoms in total. The Bertz CT molecular complexity index is 844. The minimum Gasteiger partial charge on any atom is -0.491 e. The average Bonchev–Trinajstić information content (AvgIpc) is 3.16. The number of hydrogen-bond acceptors (Lipinski definition) is 5. The Hall–Kier alpha value is -1.33. The molecule has 0 aromatic carbocycles. The maximum absolute atomic E-state index is 13.2. The van der Waals surface area contributed by atoms with Crippen molar-refractivity contribution in [3.8, 4) is 0 Å². The lowest BCUT2D eigenvalue weighted by Gasteiger charge is -2.48. The summed E-state index contributed by atoms with van der Waals surface area (Å²) in [5.74, 6) is 1.34. The van der Waals surface area contributed by atoms with Crippen LogP contribution in [0.25, 0.3) is 0 Å². The number of fused-ring (bicyclic) bond motifs is 9. The van der Waals surface area contributed by atoms with Crippen LogP contribution in [0.2, 0.25) is 0 Å². The molecule has 2 N–H and O–H groups in total. The third-order valence-electron chi connectivity index (χ3n) is 9.72. The van der Waals surface area contributed by atoms with Gasteiger partial charge in [0.05, 0.1) is 23.7 Å². The lowest BCUT2D eigenvalue weighted by atomic mass is 9.63. The van der Waals surface area contributed by atoms with E-state index in [1.54, 1.807) is 0 Å². The summed E-state index contributed by atoms with van der Waals surface area (Å²) >= 11 is 0. The van der Waals surface area contributed by atoms with Crippen LogP contribution in [0.5, 0.6) is 0 Å². The summed E-state index contributed by atoms with van der Waals surface area (Å²) in [6.07, 6.45) is 3.79. The highest BCUT2D eigenvalue weighted by molar-refractivity contribution is 5.91. The number of esters is 1. The maximum atomic E-state index is 13.2. The van der Waals surface area contributed by atoms with Gasteiger partial charge in [0.2, 0.25) is 0 Å². The van der Waals surface area contributed by atoms with E-state index < -0.39 is 12.2 Å². The van der Waals surface area contributed by atoms with E-state index in [1.165, 1.54) is 5.57 Å². The number of ether oxygens (including phenoxy) is 2. The number of rotatable bonds is 0. The van der Waals surface area contributed by atoms with Crippen molar-refractivity contribution in [3.63, 3.8) is 0 Å². The van der Waals surface area contributed by atoms with Crippen LogP contribution in [0.3, 0.4) is 0 Å². The lowest BCUT2D eigenvalue weighted by molar-refractivity contribution is -0.154. The first-order chi connectivity index (χ1) is 13.7. The summed E-state index contributed by atoms with van der Waals surface area (Å²) in [5.41, 5.74) is 1.77. The summed E-state index contributed by atoms with van der Waals surface area (Å²) in [4.78, 5) is 13.2. The van der Waals surface area contributed by atoms with Gasteiger partial charge in [0, 0.05) is 23.7 Å². The molecule has 0 aromatic rings. The van der Waals surface area contributed by atoms with Crippen molar-refractivity contribution in [2.45, 2.75) is 70.9 Å². The molecule has 0 aromatic heterocycles. The number of hydrogen-bond donors (Lipinski definition) is 2. The Kier molecular flexibility index (Phi) is 3.61. The summed E-state index contributed by atoms with van der Waals surface area (Å²) in [6, 6.07) is 0. The molecule has 29 heavy (non-hydrogen) atoms. The minimum atomic E-state index is -0.543. The molecule has 3 aliphatic carbocycles. The van der Waals surface area contributed by atoms with Crippen LogP contribution in [0, 0.1) is 47.3 Å². The molecule has 0 spiro atoms. The van der Waals surface area contributed by atoms with Gasteiger partial charge in [-0.1, -0.05) is 25.5 Å². The van der Waals surface area contributed by atoms with Gasteiger partial charge >= 0.3 is 5.97 Å². The van der Waals surface area contributed by atoms with Gasteiger partial charge in [0.1, 0.15) is 17.5 Å². The lowest BCUT2D eigenvalue weighted by Crippen LogP contribution is -2.49. The van der Waals surface area contributed by atoms with Gasteiger partial charge in [0.15, 0.2) is 0 Å². The monoisotopic (exact) mass is 400 g/mol. The van der Waals surface area contributed by atoms with Crippen molar-refractivity contribution in [1.29, 1.82) is 0 Å². The molecular formula is C24H32O5. The molecule has 0 amide bonds. The zero-order chi connectivity index (χ0) is 20.4. The normalized spacial score (nSPS) is 57.4. The second-order valence-corrected chi connectivity index (χ2v) is 10.9. The van der Waals surface area contributed by atoms with E-state index in [0.29, 0.717) is 5.92 Å². The largest absolute Gasteiger partial charge is 0.491 e. The number of carbonyl (C=O) groups excluding carboxylic acids is 1. The first kappa shape index (κ1) is 18.4. The fourth-order valence-corrected chi connectivity index (χ4v) is 8.16. The van der Waals surface area contributed by atoms with Gasteiger partial charge in [0.25, 0.3) is 0 Å². The maximum Gasteiger partial charge on any atom is 0.338 e. The van der Waals surface area contributed by atoms with Crippen LogP contribution in [0.15, 0.2) is 23.0 Å². The highest BCUT2D eigenvalue weighted by Gasteiger charge is 2.66. The summed E-state index contributed by atoms with van der Waals surface area (Å²) in [5, 5.41) is 22.0. The van der Waals surface area contributed by atoms with Crippen LogP contribution < -0.4 is 0 Å². The number of carbonyl (C=O) groups is 1. The third-order valence-corrected chi connectivity index (χ3v) is 9.72. The molecule has 6 rings (SSSR count). The molecule has 0 unspecified atom stereocenters. The standard InChI is InChI=1S/C24H32O5/c1-9-7-13-17(21(26)11(3)20(13)25)16-12(9)8-14-18(16)19-22-10(2)15(28-23(19)27)5-6-24(14,4)29-22/h7,10-18,20-21,25-26H,5-6,8H2,1-4H3/t10-,11-,12-,13+,14+,15-,16-,17-,18+,20-,21+,24+/m1/s1. The number of aliphatic hydroxyl groups excluding tert-OH is 2. The highest BCUT2D eigenvalue weighted by Crippen LogP contribution is 2.66. The predicted octanol–water partition coefficient (Wildman–Crippen LogP) is 2.82. The molecule has 3 fully saturated rings. The van der Waals surface area contributed by atoms with Gasteiger partial charge in [-0.05, 0) is 50.9 Å². The Morgan fingerprint density at radius 3 is 2.69 bits per heavy atom. The van der Waals surface area contributed by atoms with Crippen LogP contribution in [0.4, 0.5) is 0 Å².